The van der Waals surface area contributed by atoms with Crippen LogP contribution in [0.4, 0.5) is 0 Å². The maximum Gasteiger partial charge on any atom is 0.237 e. The fraction of sp³-hybridized carbons (Fsp3) is 0.769. The second kappa shape index (κ2) is 6.92. The smallest absolute Gasteiger partial charge is 0.237 e. The summed E-state index contributed by atoms with van der Waals surface area (Å²) in [6, 6.07) is 0. The fourth-order valence-electron chi connectivity index (χ4n) is 2.20. The van der Waals surface area contributed by atoms with Crippen molar-refractivity contribution < 1.29 is 9.32 Å². The summed E-state index contributed by atoms with van der Waals surface area (Å²) < 4.78 is 5.27. The highest BCUT2D eigenvalue weighted by atomic mass is 32.2. The van der Waals surface area contributed by atoms with Crippen LogP contribution in [0.2, 0.25) is 0 Å². The van der Waals surface area contributed by atoms with Crippen molar-refractivity contribution >= 4 is 17.5 Å². The first-order valence-electron chi connectivity index (χ1n) is 6.74. The van der Waals surface area contributed by atoms with Gasteiger partial charge >= 0.3 is 0 Å². The summed E-state index contributed by atoms with van der Waals surface area (Å²) in [5, 5.41) is 3.97. The lowest BCUT2D eigenvalue weighted by Crippen LogP contribution is -2.10. The molecule has 1 aromatic rings. The number of rotatable bonds is 5. The SMILES string of the molecule is CCCSCc1noc(C2CCCCCC2=O)n1. The average molecular weight is 268 g/mol. The Morgan fingerprint density at radius 3 is 3.11 bits per heavy atom. The number of carbonyl (C=O) groups is 1. The zero-order valence-electron chi connectivity index (χ0n) is 10.9. The van der Waals surface area contributed by atoms with Crippen LogP contribution in [-0.2, 0) is 10.5 Å². The molecule has 0 N–H and O–H groups in total. The second-order valence-corrected chi connectivity index (χ2v) is 5.82. The first kappa shape index (κ1) is 13.6. The summed E-state index contributed by atoms with van der Waals surface area (Å²) >= 11 is 1.80. The summed E-state index contributed by atoms with van der Waals surface area (Å²) in [6.45, 7) is 2.15. The van der Waals surface area contributed by atoms with E-state index in [1.54, 1.807) is 11.8 Å². The number of hydrogen-bond donors (Lipinski definition) is 0. The minimum absolute atomic E-state index is 0.148. The Morgan fingerprint density at radius 1 is 1.39 bits per heavy atom. The second-order valence-electron chi connectivity index (χ2n) is 4.72. The van der Waals surface area contributed by atoms with Gasteiger partial charge in [0, 0.05) is 6.42 Å². The Hall–Kier alpha value is -0.840. The molecule has 0 bridgehead atoms. The van der Waals surface area contributed by atoms with E-state index in [-0.39, 0.29) is 11.7 Å². The van der Waals surface area contributed by atoms with Crippen molar-refractivity contribution in [2.24, 2.45) is 0 Å². The highest BCUT2D eigenvalue weighted by Gasteiger charge is 2.27. The quantitative estimate of drug-likeness (QED) is 0.605. The van der Waals surface area contributed by atoms with Crippen LogP contribution in [-0.4, -0.2) is 21.7 Å². The number of aromatic nitrogens is 2. The lowest BCUT2D eigenvalue weighted by atomic mass is 9.99. The zero-order valence-corrected chi connectivity index (χ0v) is 11.7. The molecule has 0 amide bonds. The molecule has 2 rings (SSSR count). The Balaban J connectivity index is 1.97. The molecule has 1 saturated carbocycles. The number of carbonyl (C=O) groups excluding carboxylic acids is 1. The predicted molar refractivity (Wildman–Crippen MR) is 71.6 cm³/mol. The first-order chi connectivity index (χ1) is 8.81. The lowest BCUT2D eigenvalue weighted by Gasteiger charge is -2.06. The Morgan fingerprint density at radius 2 is 2.28 bits per heavy atom. The Labute approximate surface area is 112 Å². The van der Waals surface area contributed by atoms with Gasteiger partial charge in [-0.25, -0.2) is 0 Å². The number of nitrogens with zero attached hydrogens (tertiary/aromatic N) is 2. The summed E-state index contributed by atoms with van der Waals surface area (Å²) in [5.74, 6) is 3.26. The van der Waals surface area contributed by atoms with E-state index in [0.717, 1.165) is 49.4 Å². The minimum Gasteiger partial charge on any atom is -0.339 e. The van der Waals surface area contributed by atoms with Crippen LogP contribution in [0.15, 0.2) is 4.52 Å². The van der Waals surface area contributed by atoms with Crippen LogP contribution < -0.4 is 0 Å². The predicted octanol–water partition coefficient (Wildman–Crippen LogP) is 3.33. The first-order valence-corrected chi connectivity index (χ1v) is 7.89. The van der Waals surface area contributed by atoms with Crippen LogP contribution in [0.5, 0.6) is 0 Å². The minimum atomic E-state index is -0.148. The summed E-state index contributed by atoms with van der Waals surface area (Å²) in [5.41, 5.74) is 0. The molecule has 1 aliphatic rings. The topological polar surface area (TPSA) is 56.0 Å². The van der Waals surface area contributed by atoms with Crippen molar-refractivity contribution in [3.63, 3.8) is 0 Å². The van der Waals surface area contributed by atoms with Crippen LogP contribution in [0, 0.1) is 0 Å². The number of hydrogen-bond acceptors (Lipinski definition) is 5. The van der Waals surface area contributed by atoms with Gasteiger partial charge < -0.3 is 4.52 Å². The van der Waals surface area contributed by atoms with E-state index in [0.29, 0.717) is 12.3 Å². The number of ketones is 1. The van der Waals surface area contributed by atoms with E-state index in [1.165, 1.54) is 0 Å². The molecule has 18 heavy (non-hydrogen) atoms. The Kier molecular flexibility index (Phi) is 5.23. The molecule has 1 unspecified atom stereocenters. The molecule has 0 saturated heterocycles. The third kappa shape index (κ3) is 3.57. The van der Waals surface area contributed by atoms with Crippen molar-refractivity contribution in [3.8, 4) is 0 Å². The van der Waals surface area contributed by atoms with Crippen LogP contribution >= 0.6 is 11.8 Å². The van der Waals surface area contributed by atoms with E-state index in [9.17, 15) is 4.79 Å². The van der Waals surface area contributed by atoms with Crippen LogP contribution in [0.1, 0.15) is 63.1 Å². The van der Waals surface area contributed by atoms with Gasteiger partial charge in [0.15, 0.2) is 5.82 Å². The van der Waals surface area contributed by atoms with Gasteiger partial charge in [-0.1, -0.05) is 24.9 Å². The molecule has 4 nitrogen and oxygen atoms in total. The van der Waals surface area contributed by atoms with Crippen molar-refractivity contribution in [2.75, 3.05) is 5.75 Å². The standard InChI is InChI=1S/C13H20N2O2S/c1-2-8-18-9-12-14-13(17-15-12)10-6-4-3-5-7-11(10)16/h10H,2-9H2,1H3. The molecule has 0 radical (unpaired) electrons. The highest BCUT2D eigenvalue weighted by Crippen LogP contribution is 2.28. The van der Waals surface area contributed by atoms with Gasteiger partial charge in [0.1, 0.15) is 5.78 Å². The molecular formula is C13H20N2O2S. The third-order valence-electron chi connectivity index (χ3n) is 3.17. The van der Waals surface area contributed by atoms with E-state index in [1.807, 2.05) is 0 Å². The van der Waals surface area contributed by atoms with Gasteiger partial charge in [0.25, 0.3) is 0 Å². The van der Waals surface area contributed by atoms with Crippen LogP contribution in [0.25, 0.3) is 0 Å². The molecule has 0 spiro atoms. The van der Waals surface area contributed by atoms with E-state index in [4.69, 9.17) is 4.52 Å². The van der Waals surface area contributed by atoms with E-state index in [2.05, 4.69) is 17.1 Å². The molecule has 0 aliphatic heterocycles. The maximum atomic E-state index is 12.0. The fourth-order valence-corrected chi connectivity index (χ4v) is 2.93. The van der Waals surface area contributed by atoms with Gasteiger partial charge in [-0.2, -0.15) is 16.7 Å². The summed E-state index contributed by atoms with van der Waals surface area (Å²) in [6.07, 6.45) is 5.89. The third-order valence-corrected chi connectivity index (χ3v) is 4.33. The molecule has 1 atom stereocenters. The molecule has 1 heterocycles. The highest BCUT2D eigenvalue weighted by molar-refractivity contribution is 7.98. The van der Waals surface area contributed by atoms with Crippen molar-refractivity contribution in [1.29, 1.82) is 0 Å². The van der Waals surface area contributed by atoms with E-state index < -0.39 is 0 Å². The number of Topliss-reactive ketones (excluding diaryl/α,β-unsaturated/α-hetero) is 1. The molecule has 0 aromatic carbocycles. The normalized spacial score (nSPS) is 20.9. The van der Waals surface area contributed by atoms with Gasteiger partial charge in [-0.3, -0.25) is 4.79 Å². The zero-order chi connectivity index (χ0) is 12.8. The summed E-state index contributed by atoms with van der Waals surface area (Å²) in [7, 11) is 0. The Bertz CT molecular complexity index is 392. The molecule has 1 fully saturated rings. The average Bonchev–Trinajstić information content (AvgIpc) is 2.72. The molecule has 1 aromatic heterocycles. The monoisotopic (exact) mass is 268 g/mol. The molecule has 100 valence electrons. The number of thioether (sulfide) groups is 1. The van der Waals surface area contributed by atoms with Crippen LogP contribution in [0.3, 0.4) is 0 Å². The van der Waals surface area contributed by atoms with Gasteiger partial charge in [0.05, 0.1) is 11.7 Å². The molecule has 1 aliphatic carbocycles. The van der Waals surface area contributed by atoms with Gasteiger partial charge in [-0.05, 0) is 25.0 Å². The van der Waals surface area contributed by atoms with E-state index >= 15 is 0 Å². The largest absolute Gasteiger partial charge is 0.339 e. The maximum absolute atomic E-state index is 12.0. The van der Waals surface area contributed by atoms with Crippen molar-refractivity contribution in [3.05, 3.63) is 11.7 Å². The van der Waals surface area contributed by atoms with Gasteiger partial charge in [0.2, 0.25) is 5.89 Å². The lowest BCUT2D eigenvalue weighted by molar-refractivity contribution is -0.120. The van der Waals surface area contributed by atoms with Crippen molar-refractivity contribution in [2.45, 2.75) is 57.1 Å². The van der Waals surface area contributed by atoms with Crippen molar-refractivity contribution in [1.82, 2.24) is 10.1 Å². The molecule has 5 heteroatoms. The molecular weight excluding hydrogens is 248 g/mol. The van der Waals surface area contributed by atoms with Gasteiger partial charge in [-0.15, -0.1) is 0 Å². The summed E-state index contributed by atoms with van der Waals surface area (Å²) in [4.78, 5) is 16.3.